The summed E-state index contributed by atoms with van der Waals surface area (Å²) in [5.41, 5.74) is 3.39. The Balaban J connectivity index is 2.05. The molecule has 1 aliphatic carbocycles. The summed E-state index contributed by atoms with van der Waals surface area (Å²) in [4.78, 5) is 8.98. The summed E-state index contributed by atoms with van der Waals surface area (Å²) < 4.78 is 0.804. The zero-order valence-corrected chi connectivity index (χ0v) is 13.0. The standard InChI is InChI=1S/C15H14BrClN2/c1-2-12-13(16)14(17)19-15(18-12)11-5-3-4-10(8-11)9-6-7-9/h3-5,8-9H,2,6-7H2,1H3. The second-order valence-corrected chi connectivity index (χ2v) is 6.00. The van der Waals surface area contributed by atoms with E-state index in [4.69, 9.17) is 11.6 Å². The molecule has 1 heterocycles. The number of aromatic nitrogens is 2. The lowest BCUT2D eigenvalue weighted by Crippen LogP contribution is -1.97. The smallest absolute Gasteiger partial charge is 0.161 e. The van der Waals surface area contributed by atoms with Gasteiger partial charge in [-0.15, -0.1) is 0 Å². The van der Waals surface area contributed by atoms with E-state index in [0.29, 0.717) is 11.0 Å². The first kappa shape index (κ1) is 13.1. The van der Waals surface area contributed by atoms with Crippen LogP contribution in [0.4, 0.5) is 0 Å². The van der Waals surface area contributed by atoms with Gasteiger partial charge in [-0.05, 0) is 52.7 Å². The minimum absolute atomic E-state index is 0.485. The van der Waals surface area contributed by atoms with Gasteiger partial charge in [0.15, 0.2) is 5.82 Å². The summed E-state index contributed by atoms with van der Waals surface area (Å²) in [5.74, 6) is 1.45. The lowest BCUT2D eigenvalue weighted by Gasteiger charge is -2.08. The van der Waals surface area contributed by atoms with Gasteiger partial charge in [0, 0.05) is 5.56 Å². The molecule has 1 aliphatic rings. The predicted octanol–water partition coefficient (Wildman–Crippen LogP) is 5.00. The van der Waals surface area contributed by atoms with Crippen molar-refractivity contribution in [1.29, 1.82) is 0 Å². The van der Waals surface area contributed by atoms with E-state index in [0.717, 1.165) is 28.1 Å². The third-order valence-electron chi connectivity index (χ3n) is 3.41. The highest BCUT2D eigenvalue weighted by Gasteiger charge is 2.23. The van der Waals surface area contributed by atoms with Crippen molar-refractivity contribution in [2.45, 2.75) is 32.1 Å². The molecule has 4 heteroatoms. The molecule has 1 fully saturated rings. The number of hydrogen-bond donors (Lipinski definition) is 0. The van der Waals surface area contributed by atoms with Gasteiger partial charge in [-0.3, -0.25) is 0 Å². The van der Waals surface area contributed by atoms with Crippen molar-refractivity contribution in [2.24, 2.45) is 0 Å². The Labute approximate surface area is 126 Å². The van der Waals surface area contributed by atoms with Gasteiger partial charge in [0.25, 0.3) is 0 Å². The van der Waals surface area contributed by atoms with Crippen molar-refractivity contribution in [3.8, 4) is 11.4 Å². The zero-order chi connectivity index (χ0) is 13.4. The Bertz CT molecular complexity index is 624. The van der Waals surface area contributed by atoms with Crippen molar-refractivity contribution < 1.29 is 0 Å². The zero-order valence-electron chi connectivity index (χ0n) is 10.7. The van der Waals surface area contributed by atoms with Gasteiger partial charge in [-0.2, -0.15) is 0 Å². The molecular formula is C15H14BrClN2. The summed E-state index contributed by atoms with van der Waals surface area (Å²) in [6.07, 6.45) is 3.43. The molecule has 0 atom stereocenters. The minimum Gasteiger partial charge on any atom is -0.232 e. The fraction of sp³-hybridized carbons (Fsp3) is 0.333. The van der Waals surface area contributed by atoms with Crippen molar-refractivity contribution in [3.63, 3.8) is 0 Å². The number of benzene rings is 1. The first-order valence-corrected chi connectivity index (χ1v) is 7.68. The molecule has 0 aliphatic heterocycles. The number of rotatable bonds is 3. The molecule has 1 aromatic carbocycles. The van der Waals surface area contributed by atoms with Crippen molar-refractivity contribution in [2.75, 3.05) is 0 Å². The fourth-order valence-electron chi connectivity index (χ4n) is 2.17. The van der Waals surface area contributed by atoms with Gasteiger partial charge < -0.3 is 0 Å². The first-order valence-electron chi connectivity index (χ1n) is 6.51. The van der Waals surface area contributed by atoms with Crippen LogP contribution in [-0.4, -0.2) is 9.97 Å². The van der Waals surface area contributed by atoms with E-state index in [1.165, 1.54) is 18.4 Å². The average molecular weight is 338 g/mol. The Morgan fingerprint density at radius 2 is 2.11 bits per heavy atom. The molecule has 1 saturated carbocycles. The van der Waals surface area contributed by atoms with E-state index in [9.17, 15) is 0 Å². The fourth-order valence-corrected chi connectivity index (χ4v) is 2.82. The lowest BCUT2D eigenvalue weighted by molar-refractivity contribution is 0.989. The molecule has 2 nitrogen and oxygen atoms in total. The monoisotopic (exact) mass is 336 g/mol. The summed E-state index contributed by atoms with van der Waals surface area (Å²) >= 11 is 9.60. The maximum absolute atomic E-state index is 6.16. The summed E-state index contributed by atoms with van der Waals surface area (Å²) in [7, 11) is 0. The van der Waals surface area contributed by atoms with Crippen LogP contribution in [0.1, 0.15) is 36.9 Å². The van der Waals surface area contributed by atoms with Crippen LogP contribution in [0.3, 0.4) is 0 Å². The lowest BCUT2D eigenvalue weighted by atomic mass is 10.1. The normalized spacial score (nSPS) is 14.7. The highest BCUT2D eigenvalue weighted by molar-refractivity contribution is 9.10. The summed E-state index contributed by atoms with van der Waals surface area (Å²) in [6, 6.07) is 8.50. The quantitative estimate of drug-likeness (QED) is 0.737. The number of aryl methyl sites for hydroxylation is 1. The van der Waals surface area contributed by atoms with E-state index in [1.54, 1.807) is 0 Å². The predicted molar refractivity (Wildman–Crippen MR) is 81.5 cm³/mol. The summed E-state index contributed by atoms with van der Waals surface area (Å²) in [6.45, 7) is 2.06. The molecule has 0 unspecified atom stereocenters. The first-order chi connectivity index (χ1) is 9.19. The minimum atomic E-state index is 0.485. The van der Waals surface area contributed by atoms with Crippen LogP contribution < -0.4 is 0 Å². The highest BCUT2D eigenvalue weighted by Crippen LogP contribution is 2.41. The topological polar surface area (TPSA) is 25.8 Å². The molecule has 0 bridgehead atoms. The Hall–Kier alpha value is -0.930. The molecule has 98 valence electrons. The van der Waals surface area contributed by atoms with Crippen LogP contribution in [-0.2, 0) is 6.42 Å². The van der Waals surface area contributed by atoms with Crippen LogP contribution in [0, 0.1) is 0 Å². The van der Waals surface area contributed by atoms with Gasteiger partial charge in [-0.1, -0.05) is 36.7 Å². The highest BCUT2D eigenvalue weighted by atomic mass is 79.9. The van der Waals surface area contributed by atoms with E-state index in [1.807, 2.05) is 6.07 Å². The molecule has 0 N–H and O–H groups in total. The SMILES string of the molecule is CCc1nc(-c2cccc(C3CC3)c2)nc(Cl)c1Br. The van der Waals surface area contributed by atoms with Gasteiger partial charge in [0.1, 0.15) is 5.15 Å². The molecule has 0 amide bonds. The van der Waals surface area contributed by atoms with E-state index < -0.39 is 0 Å². The van der Waals surface area contributed by atoms with Gasteiger partial charge >= 0.3 is 0 Å². The van der Waals surface area contributed by atoms with Crippen LogP contribution in [0.15, 0.2) is 28.7 Å². The third kappa shape index (κ3) is 2.67. The van der Waals surface area contributed by atoms with Crippen LogP contribution in [0.5, 0.6) is 0 Å². The van der Waals surface area contributed by atoms with Crippen LogP contribution >= 0.6 is 27.5 Å². The Kier molecular flexibility index (Phi) is 3.59. The molecule has 0 saturated heterocycles. The van der Waals surface area contributed by atoms with Gasteiger partial charge in [0.2, 0.25) is 0 Å². The van der Waals surface area contributed by atoms with Crippen molar-refractivity contribution >= 4 is 27.5 Å². The maximum atomic E-state index is 6.16. The average Bonchev–Trinajstić information content (AvgIpc) is 3.26. The molecule has 2 aromatic rings. The Morgan fingerprint density at radius 1 is 1.32 bits per heavy atom. The third-order valence-corrected chi connectivity index (χ3v) is 4.74. The summed E-state index contributed by atoms with van der Waals surface area (Å²) in [5, 5.41) is 0.485. The maximum Gasteiger partial charge on any atom is 0.161 e. The molecule has 0 spiro atoms. The largest absolute Gasteiger partial charge is 0.232 e. The van der Waals surface area contributed by atoms with E-state index >= 15 is 0 Å². The molecule has 1 aromatic heterocycles. The molecular weight excluding hydrogens is 324 g/mol. The second-order valence-electron chi connectivity index (χ2n) is 4.85. The van der Waals surface area contributed by atoms with Crippen LogP contribution in [0.25, 0.3) is 11.4 Å². The van der Waals surface area contributed by atoms with Crippen LogP contribution in [0.2, 0.25) is 5.15 Å². The molecule has 19 heavy (non-hydrogen) atoms. The Morgan fingerprint density at radius 3 is 2.79 bits per heavy atom. The van der Waals surface area contributed by atoms with Crippen molar-refractivity contribution in [3.05, 3.63) is 45.1 Å². The van der Waals surface area contributed by atoms with Gasteiger partial charge in [0.05, 0.1) is 10.2 Å². The molecule has 0 radical (unpaired) electrons. The number of nitrogens with zero attached hydrogens (tertiary/aromatic N) is 2. The van der Waals surface area contributed by atoms with Gasteiger partial charge in [-0.25, -0.2) is 9.97 Å². The number of halogens is 2. The number of hydrogen-bond acceptors (Lipinski definition) is 2. The van der Waals surface area contributed by atoms with E-state index in [-0.39, 0.29) is 0 Å². The molecule has 3 rings (SSSR count). The van der Waals surface area contributed by atoms with E-state index in [2.05, 4.69) is 51.0 Å². The second kappa shape index (κ2) is 5.22. The van der Waals surface area contributed by atoms with Crippen molar-refractivity contribution in [1.82, 2.24) is 9.97 Å².